The predicted octanol–water partition coefficient (Wildman–Crippen LogP) is 3.00. The van der Waals surface area contributed by atoms with Crippen molar-refractivity contribution < 1.29 is 27.5 Å². The molecule has 0 spiro atoms. The summed E-state index contributed by atoms with van der Waals surface area (Å²) in [6.45, 7) is 3.30. The number of halogens is 3. The molecule has 0 aliphatic heterocycles. The first-order valence-electron chi connectivity index (χ1n) is 6.36. The first kappa shape index (κ1) is 17.7. The van der Waals surface area contributed by atoms with E-state index in [1.165, 1.54) is 18.2 Å². The van der Waals surface area contributed by atoms with Gasteiger partial charge in [-0.2, -0.15) is 13.2 Å². The zero-order valence-corrected chi connectivity index (χ0v) is 12.3. The lowest BCUT2D eigenvalue weighted by molar-refractivity contribution is -0.146. The summed E-state index contributed by atoms with van der Waals surface area (Å²) in [5.41, 5.74) is -0.717. The van der Waals surface area contributed by atoms with Gasteiger partial charge in [-0.3, -0.25) is 4.79 Å². The molecule has 1 rings (SSSR count). The summed E-state index contributed by atoms with van der Waals surface area (Å²) in [6, 6.07) is 3.00. The fourth-order valence-electron chi connectivity index (χ4n) is 1.83. The predicted molar refractivity (Wildman–Crippen MR) is 73.8 cm³/mol. The largest absolute Gasteiger partial charge is 0.467 e. The molecule has 0 heterocycles. The number of carbonyl (C=O) groups is 2. The molecule has 1 atom stereocenters. The normalized spacial score (nSPS) is 12.3. The van der Waals surface area contributed by atoms with Crippen molar-refractivity contribution in [2.75, 3.05) is 7.11 Å². The van der Waals surface area contributed by atoms with Gasteiger partial charge in [-0.1, -0.05) is 23.8 Å². The summed E-state index contributed by atoms with van der Waals surface area (Å²) in [5.74, 6) is -1.65. The topological polar surface area (TPSA) is 55.4 Å². The molecule has 1 N–H and O–H groups in total. The molecule has 0 aliphatic rings. The van der Waals surface area contributed by atoms with Crippen LogP contribution in [0.2, 0.25) is 0 Å². The lowest BCUT2D eigenvalue weighted by atomic mass is 9.99. The number of hydrogen-bond acceptors (Lipinski definition) is 3. The number of benzene rings is 1. The Hall–Kier alpha value is -2.31. The van der Waals surface area contributed by atoms with Crippen LogP contribution in [0.3, 0.4) is 0 Å². The maximum Gasteiger partial charge on any atom is 0.416 e. The Balaban J connectivity index is 3.27. The quantitative estimate of drug-likeness (QED) is 0.686. The van der Waals surface area contributed by atoms with E-state index in [1.54, 1.807) is 13.8 Å². The van der Waals surface area contributed by atoms with Crippen molar-refractivity contribution in [1.82, 2.24) is 5.32 Å². The fraction of sp³-hybridized carbons (Fsp3) is 0.333. The number of hydrogen-bond donors (Lipinski definition) is 1. The van der Waals surface area contributed by atoms with Crippen LogP contribution in [0, 0.1) is 0 Å². The molecule has 120 valence electrons. The van der Waals surface area contributed by atoms with E-state index in [-0.39, 0.29) is 5.56 Å². The Kier molecular flexibility index (Phi) is 5.73. The minimum atomic E-state index is -4.65. The molecule has 0 fully saturated rings. The molecule has 1 amide bonds. The maximum absolute atomic E-state index is 13.0. The van der Waals surface area contributed by atoms with E-state index >= 15 is 0 Å². The molecule has 0 saturated heterocycles. The first-order chi connectivity index (χ1) is 10.2. The van der Waals surface area contributed by atoms with Crippen LogP contribution in [0.15, 0.2) is 35.9 Å². The molecule has 0 aromatic heterocycles. The van der Waals surface area contributed by atoms with Crippen molar-refractivity contribution in [3.05, 3.63) is 47.0 Å². The highest BCUT2D eigenvalue weighted by Crippen LogP contribution is 2.34. The number of nitrogens with one attached hydrogen (secondary N) is 1. The van der Waals surface area contributed by atoms with Crippen LogP contribution >= 0.6 is 0 Å². The van der Waals surface area contributed by atoms with Crippen LogP contribution in [0.25, 0.3) is 0 Å². The van der Waals surface area contributed by atoms with Crippen LogP contribution in [0.1, 0.15) is 31.0 Å². The van der Waals surface area contributed by atoms with E-state index in [0.717, 1.165) is 19.2 Å². The second kappa shape index (κ2) is 7.11. The summed E-state index contributed by atoms with van der Waals surface area (Å²) in [6.07, 6.45) is -3.46. The van der Waals surface area contributed by atoms with E-state index in [9.17, 15) is 22.8 Å². The molecule has 4 nitrogen and oxygen atoms in total. The van der Waals surface area contributed by atoms with Crippen LogP contribution in [-0.4, -0.2) is 19.0 Å². The second-order valence-corrected chi connectivity index (χ2v) is 4.77. The molecular formula is C15H16F3NO3. The van der Waals surface area contributed by atoms with Gasteiger partial charge in [0.05, 0.1) is 12.7 Å². The van der Waals surface area contributed by atoms with Gasteiger partial charge in [0, 0.05) is 6.08 Å². The second-order valence-electron chi connectivity index (χ2n) is 4.77. The Morgan fingerprint density at radius 1 is 1.23 bits per heavy atom. The Bertz CT molecular complexity index is 590. The van der Waals surface area contributed by atoms with E-state index < -0.39 is 29.7 Å². The standard InChI is InChI=1S/C15H16F3NO3/c1-9(2)8-12(20)19-13(14(21)22-3)10-6-4-5-7-11(10)15(16,17)18/h4-8,13H,1-3H3,(H,19,20). The van der Waals surface area contributed by atoms with E-state index in [2.05, 4.69) is 10.1 Å². The number of ether oxygens (including phenoxy) is 1. The van der Waals surface area contributed by atoms with Crippen molar-refractivity contribution in [1.29, 1.82) is 0 Å². The van der Waals surface area contributed by atoms with Crippen LogP contribution < -0.4 is 5.32 Å². The third-order valence-electron chi connectivity index (χ3n) is 2.72. The summed E-state index contributed by atoms with van der Waals surface area (Å²) in [5, 5.41) is 2.24. The lowest BCUT2D eigenvalue weighted by Crippen LogP contribution is -2.35. The zero-order valence-electron chi connectivity index (χ0n) is 12.3. The highest BCUT2D eigenvalue weighted by molar-refractivity contribution is 5.92. The Morgan fingerprint density at radius 3 is 2.32 bits per heavy atom. The fourth-order valence-corrected chi connectivity index (χ4v) is 1.83. The van der Waals surface area contributed by atoms with Gasteiger partial charge in [0.25, 0.3) is 0 Å². The minimum Gasteiger partial charge on any atom is -0.467 e. The van der Waals surface area contributed by atoms with Crippen molar-refractivity contribution in [2.24, 2.45) is 0 Å². The number of esters is 1. The highest BCUT2D eigenvalue weighted by atomic mass is 19.4. The van der Waals surface area contributed by atoms with Crippen molar-refractivity contribution in [3.63, 3.8) is 0 Å². The molecule has 0 aliphatic carbocycles. The molecule has 1 unspecified atom stereocenters. The molecular weight excluding hydrogens is 299 g/mol. The van der Waals surface area contributed by atoms with Gasteiger partial charge < -0.3 is 10.1 Å². The van der Waals surface area contributed by atoms with Gasteiger partial charge in [0.2, 0.25) is 5.91 Å². The number of allylic oxidation sites excluding steroid dienone is 1. The molecule has 0 bridgehead atoms. The zero-order chi connectivity index (χ0) is 16.9. The number of carbonyl (C=O) groups excluding carboxylic acids is 2. The average Bonchev–Trinajstić information content (AvgIpc) is 2.42. The molecule has 7 heteroatoms. The van der Waals surface area contributed by atoms with E-state index in [0.29, 0.717) is 5.57 Å². The van der Waals surface area contributed by atoms with Crippen LogP contribution in [-0.2, 0) is 20.5 Å². The molecule has 22 heavy (non-hydrogen) atoms. The van der Waals surface area contributed by atoms with Gasteiger partial charge in [-0.25, -0.2) is 4.79 Å². The maximum atomic E-state index is 13.0. The third kappa shape index (κ3) is 4.61. The SMILES string of the molecule is COC(=O)C(NC(=O)C=C(C)C)c1ccccc1C(F)(F)F. The number of methoxy groups -OCH3 is 1. The van der Waals surface area contributed by atoms with Crippen molar-refractivity contribution in [2.45, 2.75) is 26.1 Å². The number of amides is 1. The van der Waals surface area contributed by atoms with E-state index in [1.807, 2.05) is 0 Å². The monoisotopic (exact) mass is 315 g/mol. The number of alkyl halides is 3. The third-order valence-corrected chi connectivity index (χ3v) is 2.72. The summed E-state index contributed by atoms with van der Waals surface area (Å²) >= 11 is 0. The van der Waals surface area contributed by atoms with Gasteiger partial charge in [-0.05, 0) is 25.5 Å². The Labute approximate surface area is 126 Å². The molecule has 1 aromatic carbocycles. The highest BCUT2D eigenvalue weighted by Gasteiger charge is 2.37. The van der Waals surface area contributed by atoms with E-state index in [4.69, 9.17) is 0 Å². The molecule has 0 saturated carbocycles. The lowest BCUT2D eigenvalue weighted by Gasteiger charge is -2.20. The van der Waals surface area contributed by atoms with Crippen LogP contribution in [0.5, 0.6) is 0 Å². The van der Waals surface area contributed by atoms with Gasteiger partial charge in [0.15, 0.2) is 6.04 Å². The minimum absolute atomic E-state index is 0.364. The smallest absolute Gasteiger partial charge is 0.416 e. The Morgan fingerprint density at radius 2 is 1.82 bits per heavy atom. The van der Waals surface area contributed by atoms with Gasteiger partial charge >= 0.3 is 12.1 Å². The first-order valence-corrected chi connectivity index (χ1v) is 6.36. The summed E-state index contributed by atoms with van der Waals surface area (Å²) < 4.78 is 43.6. The average molecular weight is 315 g/mol. The van der Waals surface area contributed by atoms with Gasteiger partial charge in [-0.15, -0.1) is 0 Å². The molecule has 0 radical (unpaired) electrons. The van der Waals surface area contributed by atoms with Gasteiger partial charge in [0.1, 0.15) is 0 Å². The van der Waals surface area contributed by atoms with Crippen LogP contribution in [0.4, 0.5) is 13.2 Å². The number of rotatable bonds is 4. The van der Waals surface area contributed by atoms with Crippen molar-refractivity contribution >= 4 is 11.9 Å². The molecule has 1 aromatic rings. The summed E-state index contributed by atoms with van der Waals surface area (Å²) in [7, 11) is 1.04. The van der Waals surface area contributed by atoms with Crippen molar-refractivity contribution in [3.8, 4) is 0 Å². The summed E-state index contributed by atoms with van der Waals surface area (Å²) in [4.78, 5) is 23.5.